The summed E-state index contributed by atoms with van der Waals surface area (Å²) in [6.45, 7) is 4.72. The van der Waals surface area contributed by atoms with Gasteiger partial charge in [0, 0.05) is 18.0 Å². The van der Waals surface area contributed by atoms with Gasteiger partial charge in [-0.1, -0.05) is 29.8 Å². The predicted octanol–water partition coefficient (Wildman–Crippen LogP) is 3.00. The van der Waals surface area contributed by atoms with Crippen molar-refractivity contribution in [1.82, 2.24) is 10.3 Å². The lowest BCUT2D eigenvalue weighted by Gasteiger charge is -2.13. The van der Waals surface area contributed by atoms with Crippen molar-refractivity contribution in [3.8, 4) is 0 Å². The molecule has 0 fully saturated rings. The Hall–Kier alpha value is -1.72. The van der Waals surface area contributed by atoms with E-state index in [-0.39, 0.29) is 11.0 Å². The largest absolute Gasteiger partial charge is 0.476 e. The zero-order chi connectivity index (χ0) is 13.8. The molecule has 4 nitrogen and oxygen atoms in total. The topological polar surface area (TPSA) is 62.2 Å². The number of aromatic carboxylic acids is 1. The van der Waals surface area contributed by atoms with E-state index in [2.05, 4.69) is 42.3 Å². The fourth-order valence-corrected chi connectivity index (χ4v) is 2.46. The molecule has 0 bridgehead atoms. The highest BCUT2D eigenvalue weighted by Crippen LogP contribution is 2.15. The maximum absolute atomic E-state index is 10.7. The van der Waals surface area contributed by atoms with Gasteiger partial charge < -0.3 is 10.4 Å². The Balaban J connectivity index is 1.96. The Kier molecular flexibility index (Phi) is 4.29. The molecule has 0 saturated carbocycles. The van der Waals surface area contributed by atoms with Gasteiger partial charge in [0.2, 0.25) is 5.01 Å². The molecule has 1 aromatic heterocycles. The normalized spacial score (nSPS) is 12.3. The minimum Gasteiger partial charge on any atom is -0.476 e. The van der Waals surface area contributed by atoms with Crippen molar-refractivity contribution in [2.45, 2.75) is 26.4 Å². The summed E-state index contributed by atoms with van der Waals surface area (Å²) in [5, 5.41) is 14.1. The number of aryl methyl sites for hydroxylation is 1. The molecule has 2 N–H and O–H groups in total. The minimum absolute atomic E-state index is 0.139. The van der Waals surface area contributed by atoms with Crippen molar-refractivity contribution < 1.29 is 9.90 Å². The summed E-state index contributed by atoms with van der Waals surface area (Å²) < 4.78 is 0. The second-order valence-electron chi connectivity index (χ2n) is 4.47. The smallest absolute Gasteiger partial charge is 0.365 e. The number of nitrogens with zero attached hydrogens (tertiary/aromatic N) is 1. The van der Waals surface area contributed by atoms with E-state index >= 15 is 0 Å². The molecule has 5 heteroatoms. The van der Waals surface area contributed by atoms with E-state index in [0.717, 1.165) is 17.0 Å². The van der Waals surface area contributed by atoms with Crippen LogP contribution in [0.2, 0.25) is 0 Å². The van der Waals surface area contributed by atoms with Crippen LogP contribution in [-0.4, -0.2) is 16.1 Å². The molecule has 0 radical (unpaired) electrons. The van der Waals surface area contributed by atoms with Crippen LogP contribution >= 0.6 is 11.3 Å². The summed E-state index contributed by atoms with van der Waals surface area (Å²) in [5.41, 5.74) is 3.21. The fraction of sp³-hybridized carbons (Fsp3) is 0.286. The molecule has 1 aromatic carbocycles. The van der Waals surface area contributed by atoms with Crippen molar-refractivity contribution >= 4 is 17.3 Å². The lowest BCUT2D eigenvalue weighted by Crippen LogP contribution is -2.18. The molecule has 0 aliphatic heterocycles. The predicted molar refractivity (Wildman–Crippen MR) is 75.5 cm³/mol. The molecule has 19 heavy (non-hydrogen) atoms. The number of hydrogen-bond acceptors (Lipinski definition) is 4. The molecule has 0 unspecified atom stereocenters. The highest BCUT2D eigenvalue weighted by molar-refractivity contribution is 7.11. The van der Waals surface area contributed by atoms with Crippen LogP contribution in [-0.2, 0) is 6.54 Å². The summed E-state index contributed by atoms with van der Waals surface area (Å²) in [4.78, 5) is 14.8. The number of carboxylic acid groups (broad SMARTS) is 1. The Morgan fingerprint density at radius 2 is 2.32 bits per heavy atom. The van der Waals surface area contributed by atoms with Gasteiger partial charge in [0.1, 0.15) is 0 Å². The second kappa shape index (κ2) is 5.95. The molecule has 0 amide bonds. The van der Waals surface area contributed by atoms with Crippen LogP contribution in [0.1, 0.15) is 39.6 Å². The van der Waals surface area contributed by atoms with E-state index < -0.39 is 5.97 Å². The van der Waals surface area contributed by atoms with Crippen LogP contribution in [0.3, 0.4) is 0 Å². The molecule has 1 atom stereocenters. The number of carboxylic acids is 1. The average molecular weight is 276 g/mol. The third-order valence-electron chi connectivity index (χ3n) is 2.87. The average Bonchev–Trinajstić information content (AvgIpc) is 2.85. The number of rotatable bonds is 5. The number of aromatic nitrogens is 1. The number of hydrogen-bond donors (Lipinski definition) is 2. The summed E-state index contributed by atoms with van der Waals surface area (Å²) in [6.07, 6.45) is 0. The van der Waals surface area contributed by atoms with Crippen LogP contribution in [0.15, 0.2) is 29.6 Å². The summed E-state index contributed by atoms with van der Waals surface area (Å²) in [7, 11) is 0. The monoisotopic (exact) mass is 276 g/mol. The number of thiazole rings is 1. The molecular weight excluding hydrogens is 260 g/mol. The summed E-state index contributed by atoms with van der Waals surface area (Å²) in [6, 6.07) is 8.52. The Labute approximate surface area is 116 Å². The Morgan fingerprint density at radius 1 is 1.53 bits per heavy atom. The molecular formula is C14H16N2O2S. The second-order valence-corrected chi connectivity index (χ2v) is 5.32. The Bertz CT molecular complexity index is 580. The van der Waals surface area contributed by atoms with Crippen LogP contribution in [0, 0.1) is 6.92 Å². The number of carbonyl (C=O) groups is 1. The van der Waals surface area contributed by atoms with Crippen LogP contribution in [0.5, 0.6) is 0 Å². The van der Waals surface area contributed by atoms with Gasteiger partial charge in [-0.05, 0) is 19.4 Å². The first-order valence-electron chi connectivity index (χ1n) is 6.04. The van der Waals surface area contributed by atoms with Crippen LogP contribution in [0.25, 0.3) is 0 Å². The molecule has 0 aliphatic carbocycles. The van der Waals surface area contributed by atoms with E-state index in [1.807, 2.05) is 6.07 Å². The van der Waals surface area contributed by atoms with Crippen LogP contribution < -0.4 is 5.32 Å². The third kappa shape index (κ3) is 3.62. The van der Waals surface area contributed by atoms with Crippen molar-refractivity contribution in [2.24, 2.45) is 0 Å². The molecule has 2 rings (SSSR count). The first-order valence-corrected chi connectivity index (χ1v) is 6.92. The van der Waals surface area contributed by atoms with Gasteiger partial charge in [0.25, 0.3) is 0 Å². The van der Waals surface area contributed by atoms with E-state index in [0.29, 0.717) is 6.54 Å². The quantitative estimate of drug-likeness (QED) is 0.881. The zero-order valence-corrected chi connectivity index (χ0v) is 11.7. The first-order chi connectivity index (χ1) is 9.06. The summed E-state index contributed by atoms with van der Waals surface area (Å²) >= 11 is 1.16. The lowest BCUT2D eigenvalue weighted by molar-refractivity contribution is 0.0696. The van der Waals surface area contributed by atoms with Crippen molar-refractivity contribution in [3.05, 3.63) is 51.5 Å². The molecule has 2 aromatic rings. The molecule has 1 heterocycles. The molecule has 0 spiro atoms. The first kappa shape index (κ1) is 13.7. The van der Waals surface area contributed by atoms with Crippen molar-refractivity contribution in [2.75, 3.05) is 0 Å². The fourth-order valence-electron chi connectivity index (χ4n) is 1.80. The van der Waals surface area contributed by atoms with Crippen molar-refractivity contribution in [1.29, 1.82) is 0 Å². The van der Waals surface area contributed by atoms with Gasteiger partial charge in [-0.3, -0.25) is 0 Å². The third-order valence-corrected chi connectivity index (χ3v) is 3.75. The minimum atomic E-state index is -0.969. The van der Waals surface area contributed by atoms with Gasteiger partial charge in [-0.15, -0.1) is 11.3 Å². The zero-order valence-electron chi connectivity index (χ0n) is 10.9. The van der Waals surface area contributed by atoms with Gasteiger partial charge in [0.05, 0.1) is 5.69 Å². The molecule has 0 aliphatic rings. The molecule has 0 saturated heterocycles. The Morgan fingerprint density at radius 3 is 2.95 bits per heavy atom. The van der Waals surface area contributed by atoms with Crippen LogP contribution in [0.4, 0.5) is 0 Å². The SMILES string of the molecule is Cc1cccc([C@@H](C)NCc2csc(C(=O)O)n2)c1. The van der Waals surface area contributed by atoms with E-state index in [1.54, 1.807) is 5.38 Å². The van der Waals surface area contributed by atoms with Gasteiger partial charge in [-0.2, -0.15) is 0 Å². The highest BCUT2D eigenvalue weighted by atomic mass is 32.1. The number of nitrogens with one attached hydrogen (secondary N) is 1. The highest BCUT2D eigenvalue weighted by Gasteiger charge is 2.10. The lowest BCUT2D eigenvalue weighted by atomic mass is 10.1. The van der Waals surface area contributed by atoms with E-state index in [4.69, 9.17) is 5.11 Å². The maximum Gasteiger partial charge on any atom is 0.365 e. The van der Waals surface area contributed by atoms with Crippen molar-refractivity contribution in [3.63, 3.8) is 0 Å². The summed E-state index contributed by atoms with van der Waals surface area (Å²) in [5.74, 6) is -0.969. The standard InChI is InChI=1S/C14H16N2O2S/c1-9-4-3-5-11(6-9)10(2)15-7-12-8-19-13(16-12)14(17)18/h3-6,8,10,15H,7H2,1-2H3,(H,17,18)/t10-/m1/s1. The van der Waals surface area contributed by atoms with E-state index in [1.165, 1.54) is 11.1 Å². The number of benzene rings is 1. The molecule has 100 valence electrons. The maximum atomic E-state index is 10.7. The van der Waals surface area contributed by atoms with E-state index in [9.17, 15) is 4.79 Å². The van der Waals surface area contributed by atoms with Gasteiger partial charge in [-0.25, -0.2) is 9.78 Å². The van der Waals surface area contributed by atoms with Gasteiger partial charge >= 0.3 is 5.97 Å². The van der Waals surface area contributed by atoms with Gasteiger partial charge in [0.15, 0.2) is 0 Å².